The molecular weight excluding hydrogens is 1830 g/mol. The van der Waals surface area contributed by atoms with Crippen LogP contribution in [0.5, 0.6) is 0 Å². The van der Waals surface area contributed by atoms with Crippen molar-refractivity contribution in [1.82, 2.24) is 105 Å². The second-order valence-electron chi connectivity index (χ2n) is 36.1. The number of aromatic amines is 2. The molecule has 12 atom stereocenters. The molecule has 0 unspecified atom stereocenters. The number of hydrogen-bond acceptors (Lipinski definition) is 26. The van der Waals surface area contributed by atoms with Gasteiger partial charge < -0.3 is 110 Å². The molecule has 3 aliphatic heterocycles. The minimum Gasteiger partial charge on any atom is -0.394 e. The molecule has 6 heterocycles. The molecule has 2 aromatic carbocycles. The lowest BCUT2D eigenvalue weighted by Gasteiger charge is -2.31. The van der Waals surface area contributed by atoms with Gasteiger partial charge >= 0.3 is 0 Å². The molecule has 5 aromatic rings. The van der Waals surface area contributed by atoms with Gasteiger partial charge in [0.05, 0.1) is 45.1 Å². The highest BCUT2D eigenvalue weighted by Gasteiger charge is 2.44. The number of guanidine groups is 1. The molecule has 14 amide bonds. The summed E-state index contributed by atoms with van der Waals surface area (Å²) in [4.78, 5) is 241. The number of aliphatic imine (C=N–C) groups is 1. The van der Waals surface area contributed by atoms with Gasteiger partial charge in [-0.2, -0.15) is 0 Å². The van der Waals surface area contributed by atoms with Gasteiger partial charge in [0.25, 0.3) is 0 Å². The minimum absolute atomic E-state index is 0.00763. The van der Waals surface area contributed by atoms with E-state index in [1.54, 1.807) is 67.7 Å². The maximum atomic E-state index is 15.5. The predicted octanol–water partition coefficient (Wildman–Crippen LogP) is 1.25. The van der Waals surface area contributed by atoms with E-state index >= 15 is 28.8 Å². The van der Waals surface area contributed by atoms with E-state index in [2.05, 4.69) is 105 Å². The van der Waals surface area contributed by atoms with Gasteiger partial charge in [0.1, 0.15) is 78.6 Å². The number of benzene rings is 2. The lowest BCUT2D eigenvalue weighted by molar-refractivity contribution is -0.143. The molecule has 8 rings (SSSR count). The molecule has 3 aromatic heterocycles. The van der Waals surface area contributed by atoms with Crippen LogP contribution >= 0.6 is 0 Å². The highest BCUT2D eigenvalue weighted by molar-refractivity contribution is 6.01. The number of ether oxygens (including phenoxy) is 2. The quantitative estimate of drug-likeness (QED) is 0.0148. The number of pyridine rings is 1. The standard InChI is InChI=1S/C98H144N24O20/c1-3-4-36-73(88(131)113-76-43-42-68(125)34-20-17-21-37-71(63(2)124)109-92(135)78(54-65-58-106-72-38-25-24-35-70(65)72)114-89(132)74(39-29-48-105-98(100)101)111-91(134)77(53-64-30-18-16-19-31-64)117-96(139)82-57-69(126)60-122(82)97(76)140)110-93(136)79(55-66-32-26-27-46-102-66)116-94(137)80(56-67-33-28-47-103-67)115-90(133)75(44-45-83(99)127)112-95(138)81(61-123)108-86(129)59-107-87(130)62-142-52-51-141-50-49-104-85(128)41-23-15-13-11-9-7-5-6-8-10-12-14-22-40-84-118-120-121-119-84/h16,18-19,24-27,30-33,35,38,46-47,58,69,71,73-82,106,123,126H,3-15,17,20-23,28-29,34,36-37,39-45,48-57,59-62H2,1-2H3,(H2,99,127)(H,104,128)(H,107,130)(H,108,129)(H,109,135)(H,110,136)(H,111,134)(H,112,138)(H,113,131)(H,114,132)(H,115,133)(H,116,137)(H,117,139)(H4,100,101,105)(H,118,119,120,121)/t69-,71+,73+,74+,75+,76+,77-,78+,79+,80+,81+,82+/m1/s1. The Morgan fingerprint density at radius 1 is 0.592 bits per heavy atom. The summed E-state index contributed by atoms with van der Waals surface area (Å²) in [7, 11) is 0. The molecule has 2 fully saturated rings. The van der Waals surface area contributed by atoms with Crippen LogP contribution in [0.1, 0.15) is 236 Å². The maximum Gasteiger partial charge on any atom is 0.246 e. The van der Waals surface area contributed by atoms with E-state index < -0.39 is 201 Å². The first-order valence-corrected chi connectivity index (χ1v) is 49.7. The number of amides is 14. The topological polar surface area (TPSA) is 663 Å². The minimum atomic E-state index is -1.76. The fourth-order valence-corrected chi connectivity index (χ4v) is 16.8. The smallest absolute Gasteiger partial charge is 0.246 e. The Balaban J connectivity index is 0.895. The Morgan fingerprint density at radius 3 is 1.89 bits per heavy atom. The fourth-order valence-electron chi connectivity index (χ4n) is 16.8. The first-order valence-electron chi connectivity index (χ1n) is 49.7. The van der Waals surface area contributed by atoms with Crippen molar-refractivity contribution in [1.29, 1.82) is 5.41 Å². The van der Waals surface area contributed by atoms with Crippen molar-refractivity contribution in [2.75, 3.05) is 59.2 Å². The number of nitrogens with one attached hydrogen (secondary N) is 16. The van der Waals surface area contributed by atoms with Gasteiger partial charge in [-0.15, -0.1) is 5.10 Å². The number of hydrogen-bond donors (Lipinski definition) is 20. The number of unbranched alkanes of at least 4 members (excludes halogenated alkanes) is 13. The number of ketones is 2. The lowest BCUT2D eigenvalue weighted by atomic mass is 9.99. The van der Waals surface area contributed by atoms with Crippen LogP contribution in [0.25, 0.3) is 10.9 Å². The summed E-state index contributed by atoms with van der Waals surface area (Å²) in [5.74, 6) is -12.4. The van der Waals surface area contributed by atoms with Crippen molar-refractivity contribution < 1.29 is 96.4 Å². The number of nitrogens with two attached hydrogens (primary N) is 2. The van der Waals surface area contributed by atoms with Gasteiger partial charge in [0, 0.05) is 131 Å². The van der Waals surface area contributed by atoms with E-state index in [9.17, 15) is 58.2 Å². The first-order chi connectivity index (χ1) is 68.5. The van der Waals surface area contributed by atoms with Crippen molar-refractivity contribution in [2.45, 2.75) is 311 Å². The van der Waals surface area contributed by atoms with E-state index in [0.717, 1.165) is 60.2 Å². The average molecular weight is 1980 g/mol. The third kappa shape index (κ3) is 42.2. The molecule has 44 heteroatoms. The van der Waals surface area contributed by atoms with Gasteiger partial charge in [0.2, 0.25) is 82.7 Å². The SMILES string of the molecule is CCCC[C@H](NC(=O)[C@H](Cc1ccccn1)NC(=O)[C@H](CC1=CCC=N1)NC(=O)[C@H](CCC(N)=O)NC(=O)[C@H](CO)NC(=O)CNC(=O)COCCOCCNC(=O)CCCCCCCCCCCCCCCc1nnn[nH]1)C(=O)N[C@H]1CCC(=O)CCCCC[C@@H](C(C)=O)NC(=O)[C@H](Cc2c[nH]c3ccccc23)NC(=O)[C@H](CCCNC(=N)N)NC(=O)[C@@H](Cc2ccccc2)NC(=O)[C@@H]2C[C@@H](O)CN2C1=O. The number of allylic oxidation sites excluding steroid dienone is 1. The molecule has 22 N–H and O–H groups in total. The number of Topliss-reactive ketones (excluding diaryl/α,β-unsaturated/α-hetero) is 2. The summed E-state index contributed by atoms with van der Waals surface area (Å²) in [6.45, 7) is 1.05. The van der Waals surface area contributed by atoms with E-state index in [0.29, 0.717) is 48.9 Å². The largest absolute Gasteiger partial charge is 0.394 e. The third-order valence-electron chi connectivity index (χ3n) is 24.7. The summed E-state index contributed by atoms with van der Waals surface area (Å²) < 4.78 is 10.9. The lowest BCUT2D eigenvalue weighted by Crippen LogP contribution is -2.61. The summed E-state index contributed by atoms with van der Waals surface area (Å²) in [5, 5.41) is 78.9. The number of tetrazole rings is 1. The number of primary amides is 1. The van der Waals surface area contributed by atoms with Crippen LogP contribution in [0.3, 0.4) is 0 Å². The van der Waals surface area contributed by atoms with Crippen LogP contribution in [0.15, 0.2) is 102 Å². The van der Waals surface area contributed by atoms with Crippen LogP contribution in [-0.2, 0) is 112 Å². The molecule has 2 saturated heterocycles. The van der Waals surface area contributed by atoms with E-state index in [1.807, 2.05) is 24.3 Å². The number of aliphatic hydroxyl groups is 2. The Bertz CT molecular complexity index is 4970. The predicted molar refractivity (Wildman–Crippen MR) is 524 cm³/mol. The zero-order valence-corrected chi connectivity index (χ0v) is 81.4. The molecule has 0 saturated carbocycles. The zero-order chi connectivity index (χ0) is 102. The number of H-pyrrole nitrogens is 2. The van der Waals surface area contributed by atoms with Gasteiger partial charge in [-0.1, -0.05) is 164 Å². The van der Waals surface area contributed by atoms with Crippen LogP contribution in [0, 0.1) is 5.41 Å². The Kier molecular flexibility index (Phi) is 50.9. The second kappa shape index (κ2) is 63.4. The highest BCUT2D eigenvalue weighted by atomic mass is 16.5. The number of fused-ring (bicyclic) bond motifs is 2. The van der Waals surface area contributed by atoms with Gasteiger partial charge in [-0.05, 0) is 104 Å². The zero-order valence-electron chi connectivity index (χ0n) is 81.4. The van der Waals surface area contributed by atoms with Gasteiger partial charge in [-0.25, -0.2) is 5.10 Å². The van der Waals surface area contributed by atoms with Crippen molar-refractivity contribution in [3.63, 3.8) is 0 Å². The summed E-state index contributed by atoms with van der Waals surface area (Å²) in [5.41, 5.74) is 13.6. The van der Waals surface area contributed by atoms with Gasteiger partial charge in [0.15, 0.2) is 11.7 Å². The highest BCUT2D eigenvalue weighted by Crippen LogP contribution is 2.26. The van der Waals surface area contributed by atoms with Crippen LogP contribution in [-0.4, -0.2) is 284 Å². The summed E-state index contributed by atoms with van der Waals surface area (Å²) >= 11 is 0. The number of aliphatic hydroxyl groups excluding tert-OH is 2. The Morgan fingerprint density at radius 2 is 1.23 bits per heavy atom. The van der Waals surface area contributed by atoms with Gasteiger partial charge in [-0.3, -0.25) is 92.1 Å². The maximum absolute atomic E-state index is 15.5. The number of rotatable bonds is 57. The molecule has 776 valence electrons. The number of carbonyl (C=O) groups excluding carboxylic acids is 16. The van der Waals surface area contributed by atoms with Crippen LogP contribution < -0.4 is 80.6 Å². The average Bonchev–Trinajstić information content (AvgIpc) is 1.65. The summed E-state index contributed by atoms with van der Waals surface area (Å²) in [6.07, 6.45) is 20.1. The second-order valence-corrected chi connectivity index (χ2v) is 36.1. The number of aromatic nitrogens is 6. The molecule has 3 aliphatic rings. The first kappa shape index (κ1) is 114. The van der Waals surface area contributed by atoms with Crippen molar-refractivity contribution in [2.24, 2.45) is 16.5 Å². The normalized spacial score (nSPS) is 18.9. The van der Waals surface area contributed by atoms with E-state index in [4.69, 9.17) is 26.4 Å². The Labute approximate surface area is 826 Å². The Hall–Kier alpha value is -13.4. The molecular formula is C98H144N24O20. The van der Waals surface area contributed by atoms with Crippen LogP contribution in [0.2, 0.25) is 0 Å². The molecule has 0 aliphatic carbocycles. The molecule has 0 radical (unpaired) electrons. The fraction of sp³-hybridized carbons (Fsp3) is 0.592. The van der Waals surface area contributed by atoms with Crippen LogP contribution in [0.4, 0.5) is 0 Å². The van der Waals surface area contributed by atoms with Crippen molar-refractivity contribution >= 4 is 117 Å². The number of para-hydroxylation sites is 1. The monoisotopic (exact) mass is 1980 g/mol. The third-order valence-corrected chi connectivity index (χ3v) is 24.7. The van der Waals surface area contributed by atoms with Crippen molar-refractivity contribution in [3.8, 4) is 0 Å². The van der Waals surface area contributed by atoms with E-state index in [1.165, 1.54) is 70.7 Å². The summed E-state index contributed by atoms with van der Waals surface area (Å²) in [6, 6.07) is 3.78. The van der Waals surface area contributed by atoms with Crippen molar-refractivity contribution in [3.05, 3.63) is 120 Å². The number of nitrogens with zero attached hydrogens (tertiary/aromatic N) is 6. The number of aryl methyl sites for hydroxylation is 1. The molecule has 44 nitrogen and oxygen atoms in total. The molecule has 0 bridgehead atoms. The number of carbonyl (C=O) groups is 16. The van der Waals surface area contributed by atoms with E-state index in [-0.39, 0.29) is 140 Å². The molecule has 0 spiro atoms. The molecule has 142 heavy (non-hydrogen) atoms.